The van der Waals surface area contributed by atoms with Gasteiger partial charge in [0.25, 0.3) is 0 Å². The Kier molecular flexibility index (Phi) is 6.01. The number of carboxylic acid groups (broad SMARTS) is 1. The molecule has 0 amide bonds. The Bertz CT molecular complexity index is 626. The molecule has 0 bridgehead atoms. The van der Waals surface area contributed by atoms with Crippen LogP contribution in [0.25, 0.3) is 0 Å². The lowest BCUT2D eigenvalue weighted by Crippen LogP contribution is -2.47. The summed E-state index contributed by atoms with van der Waals surface area (Å²) in [6.45, 7) is 2.90. The number of aliphatic carboxylic acids is 1. The van der Waals surface area contributed by atoms with E-state index >= 15 is 0 Å². The number of benzene rings is 1. The molecule has 0 aromatic heterocycles. The number of hydrogen-bond donors (Lipinski definition) is 1. The SMILES string of the molecule is CCCCOc1ccc(S(=O)(=O)N2CCCCC2C(=O)O)cc1. The molecule has 1 atom stereocenters. The summed E-state index contributed by atoms with van der Waals surface area (Å²) in [5, 5.41) is 9.26. The van der Waals surface area contributed by atoms with Crippen LogP contribution in [0, 0.1) is 0 Å². The fraction of sp³-hybridized carbons (Fsp3) is 0.562. The summed E-state index contributed by atoms with van der Waals surface area (Å²) in [4.78, 5) is 11.4. The van der Waals surface area contributed by atoms with Crippen LogP contribution in [0.1, 0.15) is 39.0 Å². The van der Waals surface area contributed by atoms with E-state index in [-0.39, 0.29) is 11.4 Å². The molecule has 6 nitrogen and oxygen atoms in total. The normalized spacial score (nSPS) is 19.4. The van der Waals surface area contributed by atoms with Crippen molar-refractivity contribution in [3.05, 3.63) is 24.3 Å². The average molecular weight is 341 g/mol. The van der Waals surface area contributed by atoms with Gasteiger partial charge >= 0.3 is 5.97 Å². The molecule has 7 heteroatoms. The minimum Gasteiger partial charge on any atom is -0.494 e. The molecule has 1 aliphatic heterocycles. The van der Waals surface area contributed by atoms with Gasteiger partial charge in [-0.15, -0.1) is 0 Å². The van der Waals surface area contributed by atoms with Crippen LogP contribution >= 0.6 is 0 Å². The quantitative estimate of drug-likeness (QED) is 0.770. The number of sulfonamides is 1. The minimum atomic E-state index is -3.80. The van der Waals surface area contributed by atoms with Gasteiger partial charge < -0.3 is 9.84 Å². The van der Waals surface area contributed by atoms with E-state index < -0.39 is 22.0 Å². The number of piperidine rings is 1. The first-order valence-corrected chi connectivity index (χ1v) is 9.38. The van der Waals surface area contributed by atoms with E-state index in [4.69, 9.17) is 4.74 Å². The van der Waals surface area contributed by atoms with Crippen molar-refractivity contribution in [2.45, 2.75) is 50.0 Å². The Hall–Kier alpha value is -1.60. The predicted octanol–water partition coefficient (Wildman–Crippen LogP) is 2.49. The van der Waals surface area contributed by atoms with Crippen molar-refractivity contribution in [3.8, 4) is 5.75 Å². The van der Waals surface area contributed by atoms with E-state index in [1.807, 2.05) is 0 Å². The summed E-state index contributed by atoms with van der Waals surface area (Å²) in [5.74, 6) is -0.473. The van der Waals surface area contributed by atoms with Gasteiger partial charge in [0.05, 0.1) is 11.5 Å². The molecular formula is C16H23NO5S. The van der Waals surface area contributed by atoms with Crippen molar-refractivity contribution < 1.29 is 23.1 Å². The summed E-state index contributed by atoms with van der Waals surface area (Å²) in [7, 11) is -3.80. The lowest BCUT2D eigenvalue weighted by atomic mass is 10.1. The van der Waals surface area contributed by atoms with E-state index in [1.54, 1.807) is 12.1 Å². The molecule has 0 aliphatic carbocycles. The third-order valence-corrected chi connectivity index (χ3v) is 5.86. The van der Waals surface area contributed by atoms with Crippen LogP contribution in [0.3, 0.4) is 0 Å². The summed E-state index contributed by atoms with van der Waals surface area (Å²) >= 11 is 0. The van der Waals surface area contributed by atoms with Gasteiger partial charge in [-0.05, 0) is 49.9 Å². The summed E-state index contributed by atoms with van der Waals surface area (Å²) in [6, 6.07) is 5.20. The van der Waals surface area contributed by atoms with Crippen molar-refractivity contribution in [2.75, 3.05) is 13.2 Å². The number of rotatable bonds is 7. The van der Waals surface area contributed by atoms with E-state index in [0.29, 0.717) is 25.2 Å². The first-order valence-electron chi connectivity index (χ1n) is 7.94. The standard InChI is InChI=1S/C16H23NO5S/c1-2-3-12-22-13-7-9-14(10-8-13)23(20,21)17-11-5-4-6-15(17)16(18)19/h7-10,15H,2-6,11-12H2,1H3,(H,18,19). The van der Waals surface area contributed by atoms with Gasteiger partial charge in [0.15, 0.2) is 0 Å². The molecule has 1 aromatic carbocycles. The van der Waals surface area contributed by atoms with Gasteiger partial charge in [0.1, 0.15) is 11.8 Å². The molecule has 0 saturated carbocycles. The second-order valence-electron chi connectivity index (χ2n) is 5.64. The molecule has 1 saturated heterocycles. The summed E-state index contributed by atoms with van der Waals surface area (Å²) < 4.78 is 32.0. The van der Waals surface area contributed by atoms with Crippen LogP contribution in [0.5, 0.6) is 5.75 Å². The maximum Gasteiger partial charge on any atom is 0.322 e. The fourth-order valence-corrected chi connectivity index (χ4v) is 4.27. The lowest BCUT2D eigenvalue weighted by molar-refractivity contribution is -0.142. The number of carbonyl (C=O) groups is 1. The zero-order chi connectivity index (χ0) is 16.9. The highest BCUT2D eigenvalue weighted by atomic mass is 32.2. The van der Waals surface area contributed by atoms with E-state index in [0.717, 1.165) is 23.6 Å². The second kappa shape index (κ2) is 7.79. The van der Waals surface area contributed by atoms with Crippen LogP contribution in [-0.2, 0) is 14.8 Å². The highest BCUT2D eigenvalue weighted by molar-refractivity contribution is 7.89. The van der Waals surface area contributed by atoms with E-state index in [9.17, 15) is 18.3 Å². The van der Waals surface area contributed by atoms with Crippen LogP contribution in [0.15, 0.2) is 29.2 Å². The van der Waals surface area contributed by atoms with Crippen LogP contribution in [-0.4, -0.2) is 43.0 Å². The smallest absolute Gasteiger partial charge is 0.322 e. The highest BCUT2D eigenvalue weighted by Crippen LogP contribution is 2.26. The minimum absolute atomic E-state index is 0.105. The molecule has 0 spiro atoms. The maximum absolute atomic E-state index is 12.7. The third-order valence-electron chi connectivity index (χ3n) is 3.94. The molecule has 2 rings (SSSR count). The molecule has 1 fully saturated rings. The molecule has 1 heterocycles. The number of nitrogens with zero attached hydrogens (tertiary/aromatic N) is 1. The molecule has 23 heavy (non-hydrogen) atoms. The second-order valence-corrected chi connectivity index (χ2v) is 7.53. The summed E-state index contributed by atoms with van der Waals surface area (Å²) in [5.41, 5.74) is 0. The van der Waals surface area contributed by atoms with Gasteiger partial charge in [-0.1, -0.05) is 13.3 Å². The number of hydrogen-bond acceptors (Lipinski definition) is 4. The zero-order valence-corrected chi connectivity index (χ0v) is 14.1. The van der Waals surface area contributed by atoms with Crippen molar-refractivity contribution in [1.29, 1.82) is 0 Å². The molecule has 128 valence electrons. The van der Waals surface area contributed by atoms with Gasteiger partial charge in [0, 0.05) is 6.54 Å². The van der Waals surface area contributed by atoms with Crippen LogP contribution < -0.4 is 4.74 Å². The van der Waals surface area contributed by atoms with E-state index in [1.165, 1.54) is 12.1 Å². The van der Waals surface area contributed by atoms with Gasteiger partial charge in [-0.25, -0.2) is 8.42 Å². The van der Waals surface area contributed by atoms with Gasteiger partial charge in [-0.2, -0.15) is 4.31 Å². The fourth-order valence-electron chi connectivity index (χ4n) is 2.62. The van der Waals surface area contributed by atoms with Gasteiger partial charge in [0.2, 0.25) is 10.0 Å². The molecule has 1 aromatic rings. The first kappa shape index (κ1) is 17.7. The van der Waals surface area contributed by atoms with Crippen molar-refractivity contribution >= 4 is 16.0 Å². The zero-order valence-electron chi connectivity index (χ0n) is 13.3. The number of ether oxygens (including phenoxy) is 1. The van der Waals surface area contributed by atoms with Crippen LogP contribution in [0.2, 0.25) is 0 Å². The Labute approximate surface area is 137 Å². The largest absolute Gasteiger partial charge is 0.494 e. The highest BCUT2D eigenvalue weighted by Gasteiger charge is 2.37. The summed E-state index contributed by atoms with van der Waals surface area (Å²) in [6.07, 6.45) is 3.73. The number of carboxylic acids is 1. The molecular weight excluding hydrogens is 318 g/mol. The van der Waals surface area contributed by atoms with Crippen LogP contribution in [0.4, 0.5) is 0 Å². The predicted molar refractivity (Wildman–Crippen MR) is 86.0 cm³/mol. The average Bonchev–Trinajstić information content (AvgIpc) is 2.55. The molecule has 1 aliphatic rings. The van der Waals surface area contributed by atoms with Crippen molar-refractivity contribution in [3.63, 3.8) is 0 Å². The lowest BCUT2D eigenvalue weighted by Gasteiger charge is -2.31. The Morgan fingerprint density at radius 3 is 2.61 bits per heavy atom. The topological polar surface area (TPSA) is 83.9 Å². The Morgan fingerprint density at radius 2 is 2.00 bits per heavy atom. The maximum atomic E-state index is 12.7. The van der Waals surface area contributed by atoms with Crippen molar-refractivity contribution in [2.24, 2.45) is 0 Å². The monoisotopic (exact) mass is 341 g/mol. The third kappa shape index (κ3) is 4.23. The molecule has 1 N–H and O–H groups in total. The first-order chi connectivity index (χ1) is 11.0. The van der Waals surface area contributed by atoms with E-state index in [2.05, 4.69) is 6.92 Å². The Balaban J connectivity index is 2.16. The number of unbranched alkanes of at least 4 members (excludes halogenated alkanes) is 1. The van der Waals surface area contributed by atoms with Crippen molar-refractivity contribution in [1.82, 2.24) is 4.31 Å². The van der Waals surface area contributed by atoms with Gasteiger partial charge in [-0.3, -0.25) is 4.79 Å². The Morgan fingerprint density at radius 1 is 1.30 bits per heavy atom. The molecule has 0 radical (unpaired) electrons. The molecule has 1 unspecified atom stereocenters.